The first-order valence-corrected chi connectivity index (χ1v) is 4.53. The average Bonchev–Trinajstić information content (AvgIpc) is 2.12. The Kier molecular flexibility index (Phi) is 2.18. The fourth-order valence-electron chi connectivity index (χ4n) is 0.722. The maximum Gasteiger partial charge on any atom is 0.184 e. The van der Waals surface area contributed by atoms with Crippen LogP contribution in [0.2, 0.25) is 0 Å². The predicted octanol–water partition coefficient (Wildman–Crippen LogP) is 1.79. The summed E-state index contributed by atoms with van der Waals surface area (Å²) in [6, 6.07) is 0. The van der Waals surface area contributed by atoms with E-state index in [2.05, 4.69) is 25.8 Å². The monoisotopic (exact) mass is 170 g/mol. The molecule has 1 aromatic rings. The summed E-state index contributed by atoms with van der Waals surface area (Å²) in [7, 11) is 2.01. The molecule has 0 aliphatic heterocycles. The summed E-state index contributed by atoms with van der Waals surface area (Å²) < 4.78 is 2.04. The maximum absolute atomic E-state index is 4.53. The first-order valence-electron chi connectivity index (χ1n) is 3.65. The first kappa shape index (κ1) is 8.53. The van der Waals surface area contributed by atoms with Crippen LogP contribution in [0.4, 0.5) is 0 Å². The molecule has 0 saturated heterocycles. The molecule has 0 unspecified atom stereocenters. The van der Waals surface area contributed by atoms with Crippen molar-refractivity contribution < 1.29 is 0 Å². The summed E-state index contributed by atoms with van der Waals surface area (Å²) in [4.78, 5) is 5.61. The third-order valence-corrected chi connectivity index (χ3v) is 2.04. The molecule has 1 heterocycles. The number of hydrogen-bond donors (Lipinski definition) is 0. The van der Waals surface area contributed by atoms with Gasteiger partial charge in [-0.15, -0.1) is 11.3 Å². The van der Waals surface area contributed by atoms with Crippen molar-refractivity contribution in [3.63, 3.8) is 0 Å². The number of thiazole rings is 1. The van der Waals surface area contributed by atoms with E-state index in [1.165, 1.54) is 0 Å². The molecule has 62 valence electrons. The van der Waals surface area contributed by atoms with Gasteiger partial charge in [0.2, 0.25) is 0 Å². The third kappa shape index (κ3) is 2.50. The summed E-state index contributed by atoms with van der Waals surface area (Å²) in [5, 5.41) is 2.05. The largest absolute Gasteiger partial charge is 0.327 e. The maximum atomic E-state index is 4.53. The molecule has 0 aliphatic carbocycles. The van der Waals surface area contributed by atoms with Crippen LogP contribution in [-0.4, -0.2) is 10.1 Å². The number of nitrogens with zero attached hydrogens (tertiary/aromatic N) is 2. The molecular weight excluding hydrogens is 156 g/mol. The molecule has 0 fully saturated rings. The molecule has 0 atom stereocenters. The smallest absolute Gasteiger partial charge is 0.184 e. The molecule has 0 aliphatic rings. The van der Waals surface area contributed by atoms with Gasteiger partial charge in [0.15, 0.2) is 4.80 Å². The van der Waals surface area contributed by atoms with E-state index < -0.39 is 0 Å². The van der Waals surface area contributed by atoms with Crippen LogP contribution in [0.1, 0.15) is 20.8 Å². The first-order chi connectivity index (χ1) is 4.99. The van der Waals surface area contributed by atoms with E-state index in [9.17, 15) is 0 Å². The van der Waals surface area contributed by atoms with Crippen LogP contribution in [0.15, 0.2) is 16.6 Å². The minimum atomic E-state index is 0.0304. The number of aromatic nitrogens is 1. The second-order valence-electron chi connectivity index (χ2n) is 3.58. The fourth-order valence-corrected chi connectivity index (χ4v) is 1.64. The van der Waals surface area contributed by atoms with Crippen molar-refractivity contribution in [1.29, 1.82) is 0 Å². The minimum absolute atomic E-state index is 0.0304. The zero-order valence-electron chi connectivity index (χ0n) is 7.46. The molecule has 0 bridgehead atoms. The number of hydrogen-bond acceptors (Lipinski definition) is 2. The molecule has 0 aromatic carbocycles. The van der Waals surface area contributed by atoms with Crippen LogP contribution >= 0.6 is 11.3 Å². The molecule has 0 N–H and O–H groups in total. The molecule has 2 nitrogen and oxygen atoms in total. The van der Waals surface area contributed by atoms with Crippen molar-refractivity contribution in [1.82, 2.24) is 4.57 Å². The van der Waals surface area contributed by atoms with Crippen LogP contribution in [0.3, 0.4) is 0 Å². The lowest BCUT2D eigenvalue weighted by atomic mass is 10.1. The average molecular weight is 170 g/mol. The highest BCUT2D eigenvalue weighted by Crippen LogP contribution is 2.04. The van der Waals surface area contributed by atoms with Crippen molar-refractivity contribution >= 4 is 11.3 Å². The van der Waals surface area contributed by atoms with E-state index in [0.29, 0.717) is 0 Å². The Morgan fingerprint density at radius 3 is 2.45 bits per heavy atom. The van der Waals surface area contributed by atoms with Crippen molar-refractivity contribution in [3.8, 4) is 0 Å². The van der Waals surface area contributed by atoms with Crippen LogP contribution in [0.5, 0.6) is 0 Å². The van der Waals surface area contributed by atoms with E-state index in [4.69, 9.17) is 0 Å². The van der Waals surface area contributed by atoms with Gasteiger partial charge in [-0.2, -0.15) is 0 Å². The Morgan fingerprint density at radius 2 is 2.09 bits per heavy atom. The van der Waals surface area contributed by atoms with Crippen molar-refractivity contribution in [3.05, 3.63) is 16.4 Å². The minimum Gasteiger partial charge on any atom is -0.327 e. The summed E-state index contributed by atoms with van der Waals surface area (Å²) in [5.74, 6) is 0. The Labute approximate surface area is 71.2 Å². The SMILES string of the molecule is Cn1ccs/c1=N/C(C)(C)C. The summed E-state index contributed by atoms with van der Waals surface area (Å²) in [6.45, 7) is 6.31. The highest BCUT2D eigenvalue weighted by atomic mass is 32.1. The molecule has 3 heteroatoms. The summed E-state index contributed by atoms with van der Waals surface area (Å²) in [5.41, 5.74) is 0.0304. The van der Waals surface area contributed by atoms with Gasteiger partial charge in [0.1, 0.15) is 0 Å². The van der Waals surface area contributed by atoms with Gasteiger partial charge in [-0.1, -0.05) is 0 Å². The Morgan fingerprint density at radius 1 is 1.45 bits per heavy atom. The van der Waals surface area contributed by atoms with Gasteiger partial charge < -0.3 is 4.57 Å². The third-order valence-electron chi connectivity index (χ3n) is 1.19. The normalized spacial score (nSPS) is 14.0. The molecule has 0 radical (unpaired) electrons. The number of rotatable bonds is 0. The van der Waals surface area contributed by atoms with E-state index in [0.717, 1.165) is 4.80 Å². The van der Waals surface area contributed by atoms with Crippen molar-refractivity contribution in [2.24, 2.45) is 12.0 Å². The van der Waals surface area contributed by atoms with Gasteiger partial charge in [0.05, 0.1) is 5.54 Å². The van der Waals surface area contributed by atoms with Crippen molar-refractivity contribution in [2.75, 3.05) is 0 Å². The number of aryl methyl sites for hydroxylation is 1. The van der Waals surface area contributed by atoms with Crippen molar-refractivity contribution in [2.45, 2.75) is 26.3 Å². The van der Waals surface area contributed by atoms with E-state index in [-0.39, 0.29) is 5.54 Å². The van der Waals surface area contributed by atoms with Gasteiger partial charge in [-0.3, -0.25) is 4.99 Å². The van der Waals surface area contributed by atoms with Crippen LogP contribution in [0.25, 0.3) is 0 Å². The van der Waals surface area contributed by atoms with Crippen LogP contribution in [-0.2, 0) is 7.05 Å². The van der Waals surface area contributed by atoms with Crippen LogP contribution < -0.4 is 4.80 Å². The molecule has 0 saturated carbocycles. The van der Waals surface area contributed by atoms with Gasteiger partial charge in [-0.05, 0) is 20.8 Å². The quantitative estimate of drug-likeness (QED) is 0.565. The van der Waals surface area contributed by atoms with Gasteiger partial charge in [0.25, 0.3) is 0 Å². The molecule has 1 rings (SSSR count). The summed E-state index contributed by atoms with van der Waals surface area (Å²) in [6.07, 6.45) is 2.02. The lowest BCUT2D eigenvalue weighted by molar-refractivity contribution is 0.558. The van der Waals surface area contributed by atoms with Gasteiger partial charge in [0, 0.05) is 18.6 Å². The molecular formula is C8H14N2S. The molecule has 11 heavy (non-hydrogen) atoms. The lowest BCUT2D eigenvalue weighted by Crippen LogP contribution is -2.19. The van der Waals surface area contributed by atoms with E-state index in [1.54, 1.807) is 11.3 Å². The molecule has 0 amide bonds. The molecule has 0 spiro atoms. The molecule has 1 aromatic heterocycles. The van der Waals surface area contributed by atoms with E-state index in [1.807, 2.05) is 23.2 Å². The van der Waals surface area contributed by atoms with Crippen LogP contribution in [0, 0.1) is 0 Å². The van der Waals surface area contributed by atoms with Gasteiger partial charge >= 0.3 is 0 Å². The highest BCUT2D eigenvalue weighted by Gasteiger charge is 2.06. The lowest BCUT2D eigenvalue weighted by Gasteiger charge is -2.09. The predicted molar refractivity (Wildman–Crippen MR) is 48.6 cm³/mol. The Balaban J connectivity index is 3.10. The van der Waals surface area contributed by atoms with Gasteiger partial charge in [-0.25, -0.2) is 0 Å². The summed E-state index contributed by atoms with van der Waals surface area (Å²) >= 11 is 1.67. The van der Waals surface area contributed by atoms with E-state index >= 15 is 0 Å². The standard InChI is InChI=1S/C8H14N2S/c1-8(2,3)9-7-10(4)5-6-11-7/h5-6H,1-4H3/b9-7+. The Hall–Kier alpha value is -0.570. The zero-order chi connectivity index (χ0) is 8.48. The second-order valence-corrected chi connectivity index (χ2v) is 4.45. The topological polar surface area (TPSA) is 17.3 Å². The fraction of sp³-hybridized carbons (Fsp3) is 0.625. The highest BCUT2D eigenvalue weighted by molar-refractivity contribution is 7.07. The Bertz CT molecular complexity index is 288. The second kappa shape index (κ2) is 2.81. The zero-order valence-corrected chi connectivity index (χ0v) is 8.27.